The van der Waals surface area contributed by atoms with Crippen LogP contribution in [-0.4, -0.2) is 15.6 Å². The highest BCUT2D eigenvalue weighted by molar-refractivity contribution is 6.37. The fourth-order valence-corrected chi connectivity index (χ4v) is 2.86. The van der Waals surface area contributed by atoms with Crippen LogP contribution >= 0.6 is 23.2 Å². The zero-order valence-corrected chi connectivity index (χ0v) is 14.1. The number of phenols is 1. The largest absolute Gasteiger partial charge is 0.505 e. The third-order valence-electron chi connectivity index (χ3n) is 3.53. The van der Waals surface area contributed by atoms with Crippen molar-refractivity contribution in [1.29, 1.82) is 0 Å². The SMILES string of the molecule is O=C(Nc1cc(Cl)c(O)c(Cl)c1)c1cccn1Cc1ccccc1. The molecule has 0 atom stereocenters. The number of carbonyl (C=O) groups is 1. The van der Waals surface area contributed by atoms with Crippen molar-refractivity contribution in [2.24, 2.45) is 0 Å². The van der Waals surface area contributed by atoms with Crippen molar-refractivity contribution in [3.63, 3.8) is 0 Å². The summed E-state index contributed by atoms with van der Waals surface area (Å²) in [6.45, 7) is 0.591. The molecule has 0 spiro atoms. The van der Waals surface area contributed by atoms with Crippen LogP contribution in [0.25, 0.3) is 0 Å². The van der Waals surface area contributed by atoms with E-state index in [2.05, 4.69) is 5.32 Å². The van der Waals surface area contributed by atoms with E-state index in [4.69, 9.17) is 23.2 Å². The Labute approximate surface area is 149 Å². The van der Waals surface area contributed by atoms with E-state index in [0.717, 1.165) is 5.56 Å². The van der Waals surface area contributed by atoms with Crippen LogP contribution in [0.2, 0.25) is 10.0 Å². The zero-order chi connectivity index (χ0) is 17.1. The number of phenolic OH excluding ortho intramolecular Hbond substituents is 1. The summed E-state index contributed by atoms with van der Waals surface area (Å²) in [5, 5.41) is 12.5. The van der Waals surface area contributed by atoms with E-state index in [1.165, 1.54) is 12.1 Å². The van der Waals surface area contributed by atoms with Crippen molar-refractivity contribution in [3.8, 4) is 5.75 Å². The zero-order valence-electron chi connectivity index (χ0n) is 12.5. The van der Waals surface area contributed by atoms with Gasteiger partial charge in [-0.1, -0.05) is 53.5 Å². The van der Waals surface area contributed by atoms with Crippen molar-refractivity contribution in [3.05, 3.63) is 82.1 Å². The van der Waals surface area contributed by atoms with Crippen molar-refractivity contribution >= 4 is 34.8 Å². The number of hydrogen-bond donors (Lipinski definition) is 2. The van der Waals surface area contributed by atoms with Crippen molar-refractivity contribution in [2.75, 3.05) is 5.32 Å². The maximum absolute atomic E-state index is 12.5. The van der Waals surface area contributed by atoms with Crippen LogP contribution in [0.5, 0.6) is 5.75 Å². The summed E-state index contributed by atoms with van der Waals surface area (Å²) in [6, 6.07) is 16.3. The van der Waals surface area contributed by atoms with Gasteiger partial charge in [-0.3, -0.25) is 4.79 Å². The first kappa shape index (κ1) is 16.4. The first-order valence-electron chi connectivity index (χ1n) is 7.23. The van der Waals surface area contributed by atoms with E-state index >= 15 is 0 Å². The fraction of sp³-hybridized carbons (Fsp3) is 0.0556. The number of aromatic nitrogens is 1. The Morgan fingerprint density at radius 1 is 1.04 bits per heavy atom. The molecule has 0 unspecified atom stereocenters. The Morgan fingerprint density at radius 2 is 1.71 bits per heavy atom. The molecule has 0 radical (unpaired) electrons. The summed E-state index contributed by atoms with van der Waals surface area (Å²) in [7, 11) is 0. The molecule has 0 bridgehead atoms. The minimum atomic E-state index is -0.284. The third-order valence-corrected chi connectivity index (χ3v) is 4.11. The van der Waals surface area contributed by atoms with E-state index < -0.39 is 0 Å². The van der Waals surface area contributed by atoms with Crippen molar-refractivity contribution < 1.29 is 9.90 Å². The lowest BCUT2D eigenvalue weighted by atomic mass is 10.2. The number of carbonyl (C=O) groups excluding carboxylic acids is 1. The monoisotopic (exact) mass is 360 g/mol. The number of nitrogens with zero attached hydrogens (tertiary/aromatic N) is 1. The lowest BCUT2D eigenvalue weighted by Crippen LogP contribution is -2.17. The van der Waals surface area contributed by atoms with Gasteiger partial charge in [-0.15, -0.1) is 0 Å². The fourth-order valence-electron chi connectivity index (χ4n) is 2.37. The quantitative estimate of drug-likeness (QED) is 0.656. The van der Waals surface area contributed by atoms with Crippen LogP contribution in [0.1, 0.15) is 16.1 Å². The minimum Gasteiger partial charge on any atom is -0.505 e. The Kier molecular flexibility index (Phi) is 4.79. The van der Waals surface area contributed by atoms with Crippen LogP contribution in [0, 0.1) is 0 Å². The summed E-state index contributed by atoms with van der Waals surface area (Å²) in [6.07, 6.45) is 1.85. The summed E-state index contributed by atoms with van der Waals surface area (Å²) >= 11 is 11.8. The molecule has 1 heterocycles. The molecule has 6 heteroatoms. The average Bonchev–Trinajstić information content (AvgIpc) is 3.01. The average molecular weight is 361 g/mol. The molecule has 1 aromatic heterocycles. The van der Waals surface area contributed by atoms with Crippen LogP contribution in [0.4, 0.5) is 5.69 Å². The van der Waals surface area contributed by atoms with E-state index in [-0.39, 0.29) is 21.7 Å². The number of hydrogen-bond acceptors (Lipinski definition) is 2. The third kappa shape index (κ3) is 3.55. The number of halogens is 2. The lowest BCUT2D eigenvalue weighted by Gasteiger charge is -2.11. The number of rotatable bonds is 4. The Balaban J connectivity index is 1.80. The van der Waals surface area contributed by atoms with Crippen molar-refractivity contribution in [1.82, 2.24) is 4.57 Å². The van der Waals surface area contributed by atoms with Crippen LogP contribution in [0.3, 0.4) is 0 Å². The maximum atomic E-state index is 12.5. The molecular formula is C18H14Cl2N2O2. The predicted molar refractivity (Wildman–Crippen MR) is 96.1 cm³/mol. The van der Waals surface area contributed by atoms with E-state index in [0.29, 0.717) is 17.9 Å². The van der Waals surface area contributed by atoms with Crippen LogP contribution < -0.4 is 5.32 Å². The summed E-state index contributed by atoms with van der Waals surface area (Å²) < 4.78 is 1.86. The second kappa shape index (κ2) is 6.99. The van der Waals surface area contributed by atoms with Gasteiger partial charge in [0.05, 0.1) is 10.0 Å². The lowest BCUT2D eigenvalue weighted by molar-refractivity contribution is 0.101. The molecule has 0 aliphatic heterocycles. The molecule has 1 amide bonds. The number of anilines is 1. The normalized spacial score (nSPS) is 10.6. The molecule has 0 fully saturated rings. The molecule has 4 nitrogen and oxygen atoms in total. The Bertz CT molecular complexity index is 853. The molecule has 0 aliphatic rings. The van der Waals surface area contributed by atoms with E-state index in [1.54, 1.807) is 6.07 Å². The molecule has 24 heavy (non-hydrogen) atoms. The minimum absolute atomic E-state index is 0.0810. The van der Waals surface area contributed by atoms with Crippen LogP contribution in [-0.2, 0) is 6.54 Å². The summed E-state index contributed by atoms with van der Waals surface area (Å²) in [4.78, 5) is 12.5. The Hall–Kier alpha value is -2.43. The molecule has 2 N–H and O–H groups in total. The molecule has 0 aliphatic carbocycles. The van der Waals surface area contributed by atoms with Gasteiger partial charge >= 0.3 is 0 Å². The molecule has 2 aromatic carbocycles. The molecule has 3 rings (SSSR count). The standard InChI is InChI=1S/C18H14Cl2N2O2/c19-14-9-13(10-15(20)17(14)23)21-18(24)16-7-4-8-22(16)11-12-5-2-1-3-6-12/h1-10,23H,11H2,(H,21,24). The number of benzene rings is 2. The first-order chi connectivity index (χ1) is 11.5. The first-order valence-corrected chi connectivity index (χ1v) is 7.98. The maximum Gasteiger partial charge on any atom is 0.272 e. The molecule has 0 saturated heterocycles. The molecular weight excluding hydrogens is 347 g/mol. The molecule has 0 saturated carbocycles. The van der Waals surface area contributed by atoms with Gasteiger partial charge in [0.15, 0.2) is 5.75 Å². The molecule has 122 valence electrons. The summed E-state index contributed by atoms with van der Waals surface area (Å²) in [5.41, 5.74) is 2.03. The summed E-state index contributed by atoms with van der Waals surface area (Å²) in [5.74, 6) is -0.488. The highest BCUT2D eigenvalue weighted by atomic mass is 35.5. The predicted octanol–water partition coefficient (Wildman–Crippen LogP) is 4.80. The second-order valence-electron chi connectivity index (χ2n) is 5.25. The van der Waals surface area contributed by atoms with E-state index in [9.17, 15) is 9.90 Å². The van der Waals surface area contributed by atoms with Gasteiger partial charge in [0, 0.05) is 18.4 Å². The highest BCUT2D eigenvalue weighted by Gasteiger charge is 2.13. The van der Waals surface area contributed by atoms with Gasteiger partial charge in [0.25, 0.3) is 5.91 Å². The number of nitrogens with one attached hydrogen (secondary N) is 1. The van der Waals surface area contributed by atoms with Gasteiger partial charge < -0.3 is 15.0 Å². The topological polar surface area (TPSA) is 54.3 Å². The van der Waals surface area contributed by atoms with Gasteiger partial charge in [0.1, 0.15) is 5.69 Å². The van der Waals surface area contributed by atoms with E-state index in [1.807, 2.05) is 47.2 Å². The highest BCUT2D eigenvalue weighted by Crippen LogP contribution is 2.34. The number of amides is 1. The Morgan fingerprint density at radius 3 is 2.38 bits per heavy atom. The molecule has 3 aromatic rings. The van der Waals surface area contributed by atoms with Gasteiger partial charge in [-0.05, 0) is 29.8 Å². The van der Waals surface area contributed by atoms with Gasteiger partial charge in [-0.2, -0.15) is 0 Å². The van der Waals surface area contributed by atoms with Crippen molar-refractivity contribution in [2.45, 2.75) is 6.54 Å². The smallest absolute Gasteiger partial charge is 0.272 e. The number of aromatic hydroxyl groups is 1. The van der Waals surface area contributed by atoms with Crippen LogP contribution in [0.15, 0.2) is 60.8 Å². The van der Waals surface area contributed by atoms with Gasteiger partial charge in [0.2, 0.25) is 0 Å². The van der Waals surface area contributed by atoms with Gasteiger partial charge in [-0.25, -0.2) is 0 Å². The second-order valence-corrected chi connectivity index (χ2v) is 6.06.